The molecule has 0 unspecified atom stereocenters. The fourth-order valence-electron chi connectivity index (χ4n) is 1.96. The van der Waals surface area contributed by atoms with E-state index < -0.39 is 0 Å². The van der Waals surface area contributed by atoms with Gasteiger partial charge in [0, 0.05) is 6.54 Å². The van der Waals surface area contributed by atoms with Gasteiger partial charge in [0.15, 0.2) is 5.78 Å². The minimum Gasteiger partial charge on any atom is -0.491 e. The topological polar surface area (TPSA) is 32.8 Å². The number of para-hydroxylation sites is 1. The molecule has 112 valence electrons. The highest BCUT2D eigenvalue weighted by Gasteiger charge is 2.07. The summed E-state index contributed by atoms with van der Waals surface area (Å²) in [4.78, 5) is 15.9. The molecule has 0 bridgehead atoms. The average Bonchev–Trinajstić information content (AvgIpc) is 2.38. The molecule has 0 amide bonds. The van der Waals surface area contributed by atoms with Crippen LogP contribution >= 0.6 is 0 Å². The number of carbonyl (C=O) groups excluding carboxylic acids is 1. The highest BCUT2D eigenvalue weighted by Crippen LogP contribution is 2.18. The van der Waals surface area contributed by atoms with E-state index in [0.29, 0.717) is 17.9 Å². The predicted octanol–water partition coefficient (Wildman–Crippen LogP) is 2.15. The van der Waals surface area contributed by atoms with Gasteiger partial charge in [0.25, 0.3) is 0 Å². The molecule has 1 aromatic carbocycles. The molecule has 0 spiro atoms. The minimum absolute atomic E-state index is 0.0416. The molecule has 1 aromatic rings. The molecular formula is C16H26N2O2. The van der Waals surface area contributed by atoms with Crippen molar-refractivity contribution in [2.24, 2.45) is 0 Å². The van der Waals surface area contributed by atoms with E-state index >= 15 is 0 Å². The van der Waals surface area contributed by atoms with E-state index in [1.54, 1.807) is 13.0 Å². The summed E-state index contributed by atoms with van der Waals surface area (Å²) in [6.07, 6.45) is 1.15. The van der Waals surface area contributed by atoms with Gasteiger partial charge in [0.05, 0.1) is 5.56 Å². The van der Waals surface area contributed by atoms with Gasteiger partial charge in [-0.1, -0.05) is 12.1 Å². The van der Waals surface area contributed by atoms with E-state index in [2.05, 4.69) is 30.9 Å². The van der Waals surface area contributed by atoms with Crippen molar-refractivity contribution in [3.63, 3.8) is 0 Å². The third kappa shape index (κ3) is 6.17. The van der Waals surface area contributed by atoms with Gasteiger partial charge in [-0.25, -0.2) is 0 Å². The van der Waals surface area contributed by atoms with Crippen LogP contribution in [0.4, 0.5) is 0 Å². The molecule has 0 heterocycles. The lowest BCUT2D eigenvalue weighted by Gasteiger charge is -2.18. The lowest BCUT2D eigenvalue weighted by molar-refractivity contribution is 0.101. The van der Waals surface area contributed by atoms with E-state index in [-0.39, 0.29) is 5.78 Å². The summed E-state index contributed by atoms with van der Waals surface area (Å²) in [5.41, 5.74) is 0.655. The molecule has 0 aliphatic rings. The molecule has 4 nitrogen and oxygen atoms in total. The third-order valence-electron chi connectivity index (χ3n) is 3.14. The maximum absolute atomic E-state index is 11.5. The Morgan fingerprint density at radius 3 is 2.45 bits per heavy atom. The molecule has 0 N–H and O–H groups in total. The largest absolute Gasteiger partial charge is 0.491 e. The van der Waals surface area contributed by atoms with Crippen LogP contribution in [0.3, 0.4) is 0 Å². The standard InChI is InChI=1S/C16H26N2O2/c1-14(19)15-8-5-6-9-16(15)20-13-12-18(4)11-7-10-17(2)3/h5-6,8-9H,7,10-13H2,1-4H3. The first-order chi connectivity index (χ1) is 9.50. The summed E-state index contributed by atoms with van der Waals surface area (Å²) in [7, 11) is 6.26. The molecule has 0 saturated heterocycles. The Bertz CT molecular complexity index is 419. The van der Waals surface area contributed by atoms with Crippen molar-refractivity contribution >= 4 is 5.78 Å². The van der Waals surface area contributed by atoms with Crippen molar-refractivity contribution in [1.82, 2.24) is 9.80 Å². The van der Waals surface area contributed by atoms with Gasteiger partial charge < -0.3 is 14.5 Å². The number of hydrogen-bond acceptors (Lipinski definition) is 4. The Kier molecular flexibility index (Phi) is 7.26. The van der Waals surface area contributed by atoms with Crippen LogP contribution in [0.25, 0.3) is 0 Å². The summed E-state index contributed by atoms with van der Waals surface area (Å²) in [6, 6.07) is 7.40. The monoisotopic (exact) mass is 278 g/mol. The average molecular weight is 278 g/mol. The van der Waals surface area contributed by atoms with Crippen molar-refractivity contribution < 1.29 is 9.53 Å². The van der Waals surface area contributed by atoms with Crippen molar-refractivity contribution in [2.75, 3.05) is 47.4 Å². The molecule has 1 rings (SSSR count). The van der Waals surface area contributed by atoms with Gasteiger partial charge in [-0.2, -0.15) is 0 Å². The highest BCUT2D eigenvalue weighted by atomic mass is 16.5. The van der Waals surface area contributed by atoms with Crippen LogP contribution in [0.1, 0.15) is 23.7 Å². The zero-order chi connectivity index (χ0) is 15.0. The fraction of sp³-hybridized carbons (Fsp3) is 0.562. The number of ether oxygens (including phenoxy) is 1. The van der Waals surface area contributed by atoms with E-state index in [4.69, 9.17) is 4.74 Å². The number of rotatable bonds is 9. The summed E-state index contributed by atoms with van der Waals surface area (Å²) in [5, 5.41) is 0. The number of ketones is 1. The smallest absolute Gasteiger partial charge is 0.163 e. The second-order valence-electron chi connectivity index (χ2n) is 5.36. The zero-order valence-electron chi connectivity index (χ0n) is 13.1. The first-order valence-corrected chi connectivity index (χ1v) is 7.06. The molecule has 0 aromatic heterocycles. The number of benzene rings is 1. The summed E-state index contributed by atoms with van der Waals surface area (Å²) >= 11 is 0. The van der Waals surface area contributed by atoms with Crippen molar-refractivity contribution in [3.05, 3.63) is 29.8 Å². The quantitative estimate of drug-likeness (QED) is 0.648. The summed E-state index contributed by atoms with van der Waals surface area (Å²) < 4.78 is 5.72. The van der Waals surface area contributed by atoms with E-state index in [1.807, 2.05) is 18.2 Å². The Hall–Kier alpha value is -1.39. The van der Waals surface area contributed by atoms with Gasteiger partial charge in [0.2, 0.25) is 0 Å². The lowest BCUT2D eigenvalue weighted by Crippen LogP contribution is -2.27. The molecule has 0 aliphatic heterocycles. The second-order valence-corrected chi connectivity index (χ2v) is 5.36. The molecule has 20 heavy (non-hydrogen) atoms. The van der Waals surface area contributed by atoms with Crippen LogP contribution in [-0.4, -0.2) is 63.0 Å². The first-order valence-electron chi connectivity index (χ1n) is 7.06. The SMILES string of the molecule is CC(=O)c1ccccc1OCCN(C)CCCN(C)C. The van der Waals surface area contributed by atoms with E-state index in [1.165, 1.54) is 0 Å². The van der Waals surface area contributed by atoms with Crippen LogP contribution in [-0.2, 0) is 0 Å². The molecule has 0 saturated carbocycles. The third-order valence-corrected chi connectivity index (χ3v) is 3.14. The first kappa shape index (κ1) is 16.7. The number of hydrogen-bond donors (Lipinski definition) is 0. The van der Waals surface area contributed by atoms with Crippen LogP contribution in [0.5, 0.6) is 5.75 Å². The van der Waals surface area contributed by atoms with Crippen molar-refractivity contribution in [1.29, 1.82) is 0 Å². The van der Waals surface area contributed by atoms with Gasteiger partial charge in [-0.3, -0.25) is 4.79 Å². The van der Waals surface area contributed by atoms with Crippen molar-refractivity contribution in [3.8, 4) is 5.75 Å². The van der Waals surface area contributed by atoms with Crippen LogP contribution in [0, 0.1) is 0 Å². The van der Waals surface area contributed by atoms with Crippen LogP contribution in [0.15, 0.2) is 24.3 Å². The van der Waals surface area contributed by atoms with Crippen molar-refractivity contribution in [2.45, 2.75) is 13.3 Å². The Morgan fingerprint density at radius 2 is 1.80 bits per heavy atom. The maximum atomic E-state index is 11.5. The predicted molar refractivity (Wildman–Crippen MR) is 82.6 cm³/mol. The number of likely N-dealkylation sites (N-methyl/N-ethyl adjacent to an activating group) is 1. The maximum Gasteiger partial charge on any atom is 0.163 e. The molecule has 0 radical (unpaired) electrons. The lowest BCUT2D eigenvalue weighted by atomic mass is 10.1. The molecule has 0 aliphatic carbocycles. The second kappa shape index (κ2) is 8.72. The molecular weight excluding hydrogens is 252 g/mol. The van der Waals surface area contributed by atoms with Gasteiger partial charge in [-0.05, 0) is 59.7 Å². The Labute approximate surface area is 122 Å². The van der Waals surface area contributed by atoms with E-state index in [9.17, 15) is 4.79 Å². The zero-order valence-corrected chi connectivity index (χ0v) is 13.1. The van der Waals surface area contributed by atoms with Crippen LogP contribution < -0.4 is 4.74 Å². The Balaban J connectivity index is 2.32. The molecule has 0 fully saturated rings. The van der Waals surface area contributed by atoms with Gasteiger partial charge in [0.1, 0.15) is 12.4 Å². The summed E-state index contributed by atoms with van der Waals surface area (Å²) in [5.74, 6) is 0.724. The minimum atomic E-state index is 0.0416. The fourth-order valence-corrected chi connectivity index (χ4v) is 1.96. The molecule has 0 atom stereocenters. The number of nitrogens with zero attached hydrogens (tertiary/aromatic N) is 2. The number of Topliss-reactive ketones (excluding diaryl/α,β-unsaturated/α-hetero) is 1. The van der Waals surface area contributed by atoms with Gasteiger partial charge in [-0.15, -0.1) is 0 Å². The van der Waals surface area contributed by atoms with Gasteiger partial charge >= 0.3 is 0 Å². The normalized spacial score (nSPS) is 11.1. The molecule has 4 heteroatoms. The highest BCUT2D eigenvalue weighted by molar-refractivity contribution is 5.96. The van der Waals surface area contributed by atoms with Crippen LogP contribution in [0.2, 0.25) is 0 Å². The number of carbonyl (C=O) groups is 1. The Morgan fingerprint density at radius 1 is 1.10 bits per heavy atom. The van der Waals surface area contributed by atoms with E-state index in [0.717, 1.165) is 26.1 Å². The summed E-state index contributed by atoms with van der Waals surface area (Å²) in [6.45, 7) is 5.17.